The maximum absolute atomic E-state index is 12.2. The third kappa shape index (κ3) is 4.24. The summed E-state index contributed by atoms with van der Waals surface area (Å²) in [5.74, 6) is 1.14. The zero-order valence-electron chi connectivity index (χ0n) is 12.4. The van der Waals surface area contributed by atoms with Crippen molar-refractivity contribution in [3.8, 4) is 5.75 Å². The fraction of sp³-hybridized carbons (Fsp3) is 0.533. The molecule has 106 valence electrons. The Kier molecular flexibility index (Phi) is 5.83. The van der Waals surface area contributed by atoms with E-state index in [4.69, 9.17) is 4.74 Å². The molecular weight excluding hydrogens is 240 g/mol. The Labute approximate surface area is 115 Å². The molecule has 0 bridgehead atoms. The third-order valence-electron chi connectivity index (χ3n) is 3.23. The lowest BCUT2D eigenvalue weighted by molar-refractivity contribution is -0.120. The van der Waals surface area contributed by atoms with E-state index in [1.54, 1.807) is 7.11 Å². The van der Waals surface area contributed by atoms with Crippen LogP contribution < -0.4 is 15.4 Å². The normalized spacial score (nSPS) is 12.3. The van der Waals surface area contributed by atoms with Crippen molar-refractivity contribution in [2.24, 2.45) is 11.8 Å². The minimum Gasteiger partial charge on any atom is -0.496 e. The van der Waals surface area contributed by atoms with E-state index in [2.05, 4.69) is 24.5 Å². The van der Waals surface area contributed by atoms with E-state index in [0.29, 0.717) is 12.5 Å². The summed E-state index contributed by atoms with van der Waals surface area (Å²) < 4.78 is 5.21. The number of rotatable bonds is 6. The monoisotopic (exact) mass is 264 g/mol. The fourth-order valence-electron chi connectivity index (χ4n) is 2.04. The molecule has 1 unspecified atom stereocenters. The molecule has 0 fully saturated rings. The Morgan fingerprint density at radius 3 is 2.53 bits per heavy atom. The van der Waals surface area contributed by atoms with Crippen molar-refractivity contribution in [3.05, 3.63) is 23.8 Å². The molecule has 1 aromatic rings. The highest BCUT2D eigenvalue weighted by molar-refractivity contribution is 5.93. The van der Waals surface area contributed by atoms with Gasteiger partial charge in [0.1, 0.15) is 5.75 Å². The first-order valence-corrected chi connectivity index (χ1v) is 6.59. The van der Waals surface area contributed by atoms with Crippen LogP contribution in [0.2, 0.25) is 0 Å². The molecule has 0 aliphatic carbocycles. The SMILES string of the molecule is CNCC(C(=O)Nc1ccc(OC)c(C)c1)C(C)C. The van der Waals surface area contributed by atoms with Crippen molar-refractivity contribution in [2.45, 2.75) is 20.8 Å². The number of hydrogen-bond donors (Lipinski definition) is 2. The van der Waals surface area contributed by atoms with Gasteiger partial charge in [0.25, 0.3) is 0 Å². The number of nitrogens with one attached hydrogen (secondary N) is 2. The van der Waals surface area contributed by atoms with Crippen molar-refractivity contribution in [3.63, 3.8) is 0 Å². The van der Waals surface area contributed by atoms with Crippen LogP contribution in [0.1, 0.15) is 19.4 Å². The Morgan fingerprint density at radius 2 is 2.05 bits per heavy atom. The Balaban J connectivity index is 2.78. The lowest BCUT2D eigenvalue weighted by Crippen LogP contribution is -2.34. The van der Waals surface area contributed by atoms with Crippen LogP contribution in [0, 0.1) is 18.8 Å². The highest BCUT2D eigenvalue weighted by Gasteiger charge is 2.21. The van der Waals surface area contributed by atoms with Crippen molar-refractivity contribution >= 4 is 11.6 Å². The molecule has 0 aliphatic rings. The van der Waals surface area contributed by atoms with Crippen LogP contribution in [0.5, 0.6) is 5.75 Å². The lowest BCUT2D eigenvalue weighted by Gasteiger charge is -2.20. The van der Waals surface area contributed by atoms with Crippen LogP contribution in [0.15, 0.2) is 18.2 Å². The van der Waals surface area contributed by atoms with Crippen LogP contribution >= 0.6 is 0 Å². The molecule has 4 heteroatoms. The van der Waals surface area contributed by atoms with E-state index >= 15 is 0 Å². The largest absolute Gasteiger partial charge is 0.496 e. The second kappa shape index (κ2) is 7.14. The smallest absolute Gasteiger partial charge is 0.229 e. The fourth-order valence-corrected chi connectivity index (χ4v) is 2.04. The van der Waals surface area contributed by atoms with E-state index < -0.39 is 0 Å². The van der Waals surface area contributed by atoms with Gasteiger partial charge in [0.05, 0.1) is 13.0 Å². The van der Waals surface area contributed by atoms with Crippen molar-refractivity contribution < 1.29 is 9.53 Å². The van der Waals surface area contributed by atoms with Gasteiger partial charge in [-0.25, -0.2) is 0 Å². The number of anilines is 1. The standard InChI is InChI=1S/C15H24N2O2/c1-10(2)13(9-16-4)15(18)17-12-6-7-14(19-5)11(3)8-12/h6-8,10,13,16H,9H2,1-5H3,(H,17,18). The Bertz CT molecular complexity index is 430. The number of carbonyl (C=O) groups excluding carboxylic acids is 1. The summed E-state index contributed by atoms with van der Waals surface area (Å²) in [6, 6.07) is 5.65. The van der Waals surface area contributed by atoms with Crippen LogP contribution in [0.3, 0.4) is 0 Å². The molecule has 1 amide bonds. The topological polar surface area (TPSA) is 50.4 Å². The maximum atomic E-state index is 12.2. The number of ether oxygens (including phenoxy) is 1. The number of carbonyl (C=O) groups is 1. The molecule has 4 nitrogen and oxygen atoms in total. The van der Waals surface area contributed by atoms with Gasteiger partial charge in [0, 0.05) is 12.2 Å². The van der Waals surface area contributed by atoms with Gasteiger partial charge in [-0.1, -0.05) is 13.8 Å². The van der Waals surface area contributed by atoms with Gasteiger partial charge >= 0.3 is 0 Å². The molecule has 2 N–H and O–H groups in total. The van der Waals surface area contributed by atoms with Gasteiger partial charge in [-0.2, -0.15) is 0 Å². The molecule has 1 atom stereocenters. The highest BCUT2D eigenvalue weighted by Crippen LogP contribution is 2.22. The van der Waals surface area contributed by atoms with Crippen LogP contribution in [0.25, 0.3) is 0 Å². The zero-order chi connectivity index (χ0) is 14.4. The molecule has 1 aromatic carbocycles. The van der Waals surface area contributed by atoms with Crippen LogP contribution in [-0.2, 0) is 4.79 Å². The zero-order valence-corrected chi connectivity index (χ0v) is 12.4. The minimum absolute atomic E-state index is 0.0348. The number of methoxy groups -OCH3 is 1. The quantitative estimate of drug-likeness (QED) is 0.829. The van der Waals surface area contributed by atoms with Crippen molar-refractivity contribution in [1.82, 2.24) is 5.32 Å². The molecule has 19 heavy (non-hydrogen) atoms. The molecule has 0 heterocycles. The second-order valence-electron chi connectivity index (χ2n) is 5.08. The summed E-state index contributed by atoms with van der Waals surface area (Å²) in [5.41, 5.74) is 1.82. The maximum Gasteiger partial charge on any atom is 0.229 e. The van der Waals surface area contributed by atoms with Crippen LogP contribution in [-0.4, -0.2) is 26.6 Å². The highest BCUT2D eigenvalue weighted by atomic mass is 16.5. The van der Waals surface area contributed by atoms with Gasteiger partial charge in [-0.15, -0.1) is 0 Å². The Morgan fingerprint density at radius 1 is 1.37 bits per heavy atom. The number of amides is 1. The van der Waals surface area contributed by atoms with Crippen molar-refractivity contribution in [2.75, 3.05) is 26.0 Å². The Hall–Kier alpha value is -1.55. The summed E-state index contributed by atoms with van der Waals surface area (Å²) >= 11 is 0. The third-order valence-corrected chi connectivity index (χ3v) is 3.23. The first kappa shape index (κ1) is 15.5. The summed E-state index contributed by atoms with van der Waals surface area (Å²) in [6.45, 7) is 6.75. The number of aryl methyl sites for hydroxylation is 1. The summed E-state index contributed by atoms with van der Waals surface area (Å²) in [6.07, 6.45) is 0. The number of hydrogen-bond acceptors (Lipinski definition) is 3. The molecule has 0 radical (unpaired) electrons. The summed E-state index contributed by atoms with van der Waals surface area (Å²) in [7, 11) is 3.50. The molecule has 0 aliphatic heterocycles. The average molecular weight is 264 g/mol. The van der Waals surface area contributed by atoms with E-state index in [1.807, 2.05) is 32.2 Å². The second-order valence-corrected chi connectivity index (χ2v) is 5.08. The number of benzene rings is 1. The minimum atomic E-state index is -0.0348. The molecule has 0 aromatic heterocycles. The summed E-state index contributed by atoms with van der Waals surface area (Å²) in [5, 5.41) is 6.03. The van der Waals surface area contributed by atoms with E-state index in [0.717, 1.165) is 17.0 Å². The predicted molar refractivity (Wildman–Crippen MR) is 78.6 cm³/mol. The molecule has 0 saturated carbocycles. The molecule has 1 rings (SSSR count). The van der Waals surface area contributed by atoms with Crippen molar-refractivity contribution in [1.29, 1.82) is 0 Å². The van der Waals surface area contributed by atoms with Gasteiger partial charge in [-0.05, 0) is 43.7 Å². The molecule has 0 saturated heterocycles. The average Bonchev–Trinajstić information content (AvgIpc) is 2.35. The predicted octanol–water partition coefficient (Wildman–Crippen LogP) is 2.43. The first-order chi connectivity index (χ1) is 8.99. The van der Waals surface area contributed by atoms with Gasteiger partial charge < -0.3 is 15.4 Å². The van der Waals surface area contributed by atoms with E-state index in [-0.39, 0.29) is 11.8 Å². The van der Waals surface area contributed by atoms with E-state index in [9.17, 15) is 4.79 Å². The lowest BCUT2D eigenvalue weighted by atomic mass is 9.95. The van der Waals surface area contributed by atoms with Gasteiger partial charge in [-0.3, -0.25) is 4.79 Å². The summed E-state index contributed by atoms with van der Waals surface area (Å²) in [4.78, 5) is 12.2. The molecule has 0 spiro atoms. The molecular formula is C15H24N2O2. The van der Waals surface area contributed by atoms with Gasteiger partial charge in [0.15, 0.2) is 0 Å². The van der Waals surface area contributed by atoms with Gasteiger partial charge in [0.2, 0.25) is 5.91 Å². The first-order valence-electron chi connectivity index (χ1n) is 6.59. The van der Waals surface area contributed by atoms with Crippen LogP contribution in [0.4, 0.5) is 5.69 Å². The van der Waals surface area contributed by atoms with E-state index in [1.165, 1.54) is 0 Å².